The number of aromatic nitrogens is 2. The predicted octanol–water partition coefficient (Wildman–Crippen LogP) is 3.62. The van der Waals surface area contributed by atoms with Crippen LogP contribution in [0.25, 0.3) is 22.4 Å². The summed E-state index contributed by atoms with van der Waals surface area (Å²) in [7, 11) is 1.82. The van der Waals surface area contributed by atoms with Gasteiger partial charge in [0.1, 0.15) is 11.6 Å². The summed E-state index contributed by atoms with van der Waals surface area (Å²) < 4.78 is 15.8. The second-order valence-corrected chi connectivity index (χ2v) is 4.77. The van der Waals surface area contributed by atoms with Crippen molar-refractivity contribution in [3.63, 3.8) is 0 Å². The molecular formula is C14H11ClFN3. The molecule has 0 aliphatic carbocycles. The molecular weight excluding hydrogens is 265 g/mol. The lowest BCUT2D eigenvalue weighted by Gasteiger charge is -2.06. The summed E-state index contributed by atoms with van der Waals surface area (Å²) in [4.78, 5) is 4.42. The van der Waals surface area contributed by atoms with Crippen molar-refractivity contribution in [3.05, 3.63) is 47.2 Å². The first-order valence-corrected chi connectivity index (χ1v) is 6.12. The number of imidazole rings is 1. The van der Waals surface area contributed by atoms with Crippen molar-refractivity contribution < 1.29 is 4.39 Å². The van der Waals surface area contributed by atoms with E-state index in [4.69, 9.17) is 17.3 Å². The SMILES string of the molecule is Cn1c(-c2c(N)cccc2F)nc2cc(Cl)ccc21. The maximum atomic E-state index is 14.0. The van der Waals surface area contributed by atoms with Gasteiger partial charge in [-0.1, -0.05) is 17.7 Å². The molecule has 5 heteroatoms. The molecule has 3 aromatic rings. The number of halogens is 2. The van der Waals surface area contributed by atoms with E-state index < -0.39 is 0 Å². The molecule has 0 atom stereocenters. The lowest BCUT2D eigenvalue weighted by molar-refractivity contribution is 0.629. The lowest BCUT2D eigenvalue weighted by Crippen LogP contribution is -1.99. The summed E-state index contributed by atoms with van der Waals surface area (Å²) in [6.45, 7) is 0. The fourth-order valence-corrected chi connectivity index (χ4v) is 2.34. The smallest absolute Gasteiger partial charge is 0.145 e. The van der Waals surface area contributed by atoms with Gasteiger partial charge in [-0.15, -0.1) is 0 Å². The average molecular weight is 276 g/mol. The first-order chi connectivity index (χ1) is 9.08. The van der Waals surface area contributed by atoms with Crippen LogP contribution >= 0.6 is 11.6 Å². The highest BCUT2D eigenvalue weighted by Gasteiger charge is 2.16. The van der Waals surface area contributed by atoms with Crippen molar-refractivity contribution in [3.8, 4) is 11.4 Å². The van der Waals surface area contributed by atoms with Crippen LogP contribution in [0.4, 0.5) is 10.1 Å². The van der Waals surface area contributed by atoms with E-state index in [-0.39, 0.29) is 5.82 Å². The van der Waals surface area contributed by atoms with Crippen molar-refractivity contribution in [2.75, 3.05) is 5.73 Å². The quantitative estimate of drug-likeness (QED) is 0.690. The summed E-state index contributed by atoms with van der Waals surface area (Å²) >= 11 is 5.94. The normalized spacial score (nSPS) is 11.1. The van der Waals surface area contributed by atoms with E-state index >= 15 is 0 Å². The molecule has 0 saturated carbocycles. The number of nitrogens with zero attached hydrogens (tertiary/aromatic N) is 2. The van der Waals surface area contributed by atoms with E-state index in [9.17, 15) is 4.39 Å². The topological polar surface area (TPSA) is 43.8 Å². The van der Waals surface area contributed by atoms with Crippen LogP contribution in [0.5, 0.6) is 0 Å². The highest BCUT2D eigenvalue weighted by Crippen LogP contribution is 2.31. The monoisotopic (exact) mass is 275 g/mol. The molecule has 0 spiro atoms. The van der Waals surface area contributed by atoms with Crippen LogP contribution in [0.3, 0.4) is 0 Å². The van der Waals surface area contributed by atoms with Gasteiger partial charge in [0, 0.05) is 17.8 Å². The second-order valence-electron chi connectivity index (χ2n) is 4.33. The van der Waals surface area contributed by atoms with Crippen LogP contribution < -0.4 is 5.73 Å². The molecule has 0 unspecified atom stereocenters. The molecule has 0 radical (unpaired) electrons. The molecule has 1 heterocycles. The molecule has 0 saturated heterocycles. The van der Waals surface area contributed by atoms with Crippen LogP contribution in [-0.4, -0.2) is 9.55 Å². The number of nitrogen functional groups attached to an aromatic ring is 1. The van der Waals surface area contributed by atoms with Crippen LogP contribution in [0.1, 0.15) is 0 Å². The van der Waals surface area contributed by atoms with E-state index in [2.05, 4.69) is 4.98 Å². The van der Waals surface area contributed by atoms with Crippen molar-refractivity contribution in [1.29, 1.82) is 0 Å². The largest absolute Gasteiger partial charge is 0.398 e. The highest BCUT2D eigenvalue weighted by molar-refractivity contribution is 6.31. The van der Waals surface area contributed by atoms with Gasteiger partial charge in [-0.05, 0) is 30.3 Å². The van der Waals surface area contributed by atoms with E-state index in [1.165, 1.54) is 6.07 Å². The zero-order valence-electron chi connectivity index (χ0n) is 10.2. The van der Waals surface area contributed by atoms with Crippen molar-refractivity contribution >= 4 is 28.3 Å². The minimum Gasteiger partial charge on any atom is -0.398 e. The number of fused-ring (bicyclic) bond motifs is 1. The number of hydrogen-bond donors (Lipinski definition) is 1. The summed E-state index contributed by atoms with van der Waals surface area (Å²) in [5.41, 5.74) is 8.13. The third-order valence-corrected chi connectivity index (χ3v) is 3.35. The van der Waals surface area contributed by atoms with Crippen molar-refractivity contribution in [1.82, 2.24) is 9.55 Å². The second kappa shape index (κ2) is 4.24. The Bertz CT molecular complexity index is 759. The van der Waals surface area contributed by atoms with Gasteiger partial charge >= 0.3 is 0 Å². The van der Waals surface area contributed by atoms with Crippen LogP contribution in [-0.2, 0) is 7.05 Å². The zero-order chi connectivity index (χ0) is 13.6. The maximum Gasteiger partial charge on any atom is 0.145 e. The van der Waals surface area contributed by atoms with E-state index in [1.807, 2.05) is 13.1 Å². The van der Waals surface area contributed by atoms with Crippen molar-refractivity contribution in [2.45, 2.75) is 0 Å². The van der Waals surface area contributed by atoms with Crippen molar-refractivity contribution in [2.24, 2.45) is 7.05 Å². The third-order valence-electron chi connectivity index (χ3n) is 3.11. The number of aryl methyl sites for hydroxylation is 1. The molecule has 2 aromatic carbocycles. The van der Waals surface area contributed by atoms with E-state index in [1.54, 1.807) is 28.8 Å². The number of hydrogen-bond acceptors (Lipinski definition) is 2. The minimum atomic E-state index is -0.385. The molecule has 0 aliphatic heterocycles. The van der Waals surface area contributed by atoms with E-state index in [0.29, 0.717) is 27.6 Å². The molecule has 0 aliphatic rings. The van der Waals surface area contributed by atoms with Gasteiger partial charge in [0.15, 0.2) is 0 Å². The predicted molar refractivity (Wildman–Crippen MR) is 75.5 cm³/mol. The number of benzene rings is 2. The Morgan fingerprint density at radius 1 is 1.26 bits per heavy atom. The van der Waals surface area contributed by atoms with Crippen LogP contribution in [0.15, 0.2) is 36.4 Å². The van der Waals surface area contributed by atoms with Gasteiger partial charge in [0.2, 0.25) is 0 Å². The Labute approximate surface area is 114 Å². The molecule has 2 N–H and O–H groups in total. The maximum absolute atomic E-state index is 14.0. The molecule has 3 rings (SSSR count). The Hall–Kier alpha value is -2.07. The highest BCUT2D eigenvalue weighted by atomic mass is 35.5. The van der Waals surface area contributed by atoms with Crippen LogP contribution in [0.2, 0.25) is 5.02 Å². The van der Waals surface area contributed by atoms with Gasteiger partial charge in [-0.3, -0.25) is 0 Å². The molecule has 1 aromatic heterocycles. The number of anilines is 1. The first kappa shape index (κ1) is 12.0. The van der Waals surface area contributed by atoms with Gasteiger partial charge in [-0.25, -0.2) is 9.37 Å². The third kappa shape index (κ3) is 1.85. The number of rotatable bonds is 1. The molecule has 0 bridgehead atoms. The molecule has 0 fully saturated rings. The van der Waals surface area contributed by atoms with Gasteiger partial charge in [-0.2, -0.15) is 0 Å². The first-order valence-electron chi connectivity index (χ1n) is 5.74. The van der Waals surface area contributed by atoms with Crippen LogP contribution in [0, 0.1) is 5.82 Å². The number of nitrogens with two attached hydrogens (primary N) is 1. The van der Waals surface area contributed by atoms with Gasteiger partial charge in [0.25, 0.3) is 0 Å². The summed E-state index contributed by atoms with van der Waals surface area (Å²) in [5, 5.41) is 0.596. The fraction of sp³-hybridized carbons (Fsp3) is 0.0714. The molecule has 96 valence electrons. The summed E-state index contributed by atoms with van der Waals surface area (Å²) in [6, 6.07) is 9.99. The average Bonchev–Trinajstić information content (AvgIpc) is 2.66. The molecule has 0 amide bonds. The molecule has 3 nitrogen and oxygen atoms in total. The Kier molecular flexibility index (Phi) is 2.68. The van der Waals surface area contributed by atoms with Gasteiger partial charge < -0.3 is 10.3 Å². The Morgan fingerprint density at radius 3 is 2.79 bits per heavy atom. The minimum absolute atomic E-state index is 0.317. The summed E-state index contributed by atoms with van der Waals surface area (Å²) in [6.07, 6.45) is 0. The van der Waals surface area contributed by atoms with E-state index in [0.717, 1.165) is 5.52 Å². The van der Waals surface area contributed by atoms with Gasteiger partial charge in [0.05, 0.1) is 16.6 Å². The zero-order valence-corrected chi connectivity index (χ0v) is 10.9. The Morgan fingerprint density at radius 2 is 2.05 bits per heavy atom. The Balaban J connectivity index is 2.34. The fourth-order valence-electron chi connectivity index (χ4n) is 2.17. The lowest BCUT2D eigenvalue weighted by atomic mass is 10.1. The summed E-state index contributed by atoms with van der Waals surface area (Å²) in [5.74, 6) is 0.109. The standard InChI is InChI=1S/C14H11ClFN3/c1-19-12-6-5-8(15)7-11(12)18-14(19)13-9(16)3-2-4-10(13)17/h2-7H,17H2,1H3. The molecule has 19 heavy (non-hydrogen) atoms.